The van der Waals surface area contributed by atoms with Gasteiger partial charge in [-0.2, -0.15) is 26.6 Å². The number of allylic oxidation sites excluding steroid dienone is 1. The molecule has 1 aliphatic rings. The van der Waals surface area contributed by atoms with Gasteiger partial charge in [-0.15, -0.1) is 0 Å². The van der Waals surface area contributed by atoms with Crippen molar-refractivity contribution in [2.75, 3.05) is 25.2 Å². The molecule has 1 unspecified atom stereocenters. The third-order valence-electron chi connectivity index (χ3n) is 8.73. The van der Waals surface area contributed by atoms with Gasteiger partial charge in [-0.3, -0.25) is 4.55 Å². The third-order valence-corrected chi connectivity index (χ3v) is 10.7. The molecule has 8 nitrogen and oxygen atoms in total. The van der Waals surface area contributed by atoms with Gasteiger partial charge < -0.3 is 4.74 Å². The number of hydrogen-bond acceptors (Lipinski definition) is 7. The second-order valence-corrected chi connectivity index (χ2v) is 15.3. The average molecular weight is 678 g/mol. The van der Waals surface area contributed by atoms with E-state index in [-0.39, 0.29) is 17.4 Å². The minimum Gasteiger partial charge on any atom is -0.497 e. The summed E-state index contributed by atoms with van der Waals surface area (Å²) >= 11 is 0. The maximum absolute atomic E-state index is 12.3. The summed E-state index contributed by atoms with van der Waals surface area (Å²) in [5.41, 5.74) is 10.7. The smallest absolute Gasteiger partial charge is 0.283 e. The molecule has 0 spiro atoms. The molecule has 1 aliphatic carbocycles. The fraction of sp³-hybridized carbons (Fsp3) is 0.351. The van der Waals surface area contributed by atoms with Crippen molar-refractivity contribution < 1.29 is 30.4 Å². The number of rotatable bonds is 16. The van der Waals surface area contributed by atoms with Crippen LogP contribution in [0.15, 0.2) is 84.4 Å². The standard InChI is InChI=1S/C37H43NO7S2/c1-3-38-45-47(42,43)22-10-8-14-35-32(24-30-16-15-28(26-37(30)35)27-11-5-4-6-12-27)23-29-17-18-31-25-33(44-2)19-20-36(31)34(29)13-7-9-21-46(39,40)41/h4-6,11-12,15-20,23,25-26,35,38H,3,7-10,13-14,21-22,24H2,1-2H3,(H,39,40,41)/b32-23+. The molecule has 0 bridgehead atoms. The largest absolute Gasteiger partial charge is 0.497 e. The summed E-state index contributed by atoms with van der Waals surface area (Å²) in [5.74, 6) is 0.562. The Morgan fingerprint density at radius 2 is 1.66 bits per heavy atom. The van der Waals surface area contributed by atoms with E-state index in [1.54, 1.807) is 14.0 Å². The van der Waals surface area contributed by atoms with Gasteiger partial charge in [0, 0.05) is 12.5 Å². The zero-order chi connectivity index (χ0) is 33.4. The molecule has 0 saturated carbocycles. The van der Waals surface area contributed by atoms with E-state index in [0.717, 1.165) is 51.6 Å². The van der Waals surface area contributed by atoms with Gasteiger partial charge in [0.2, 0.25) is 0 Å². The highest BCUT2D eigenvalue weighted by Gasteiger charge is 2.28. The Morgan fingerprint density at radius 1 is 0.872 bits per heavy atom. The quantitative estimate of drug-likeness (QED) is 0.0712. The lowest BCUT2D eigenvalue weighted by atomic mass is 9.88. The van der Waals surface area contributed by atoms with Crippen molar-refractivity contribution in [3.63, 3.8) is 0 Å². The number of ether oxygens (including phenoxy) is 1. The molecule has 0 aromatic heterocycles. The molecule has 250 valence electrons. The summed E-state index contributed by atoms with van der Waals surface area (Å²) in [4.78, 5) is 0. The molecule has 0 radical (unpaired) electrons. The molecular formula is C37H43NO7S2. The second kappa shape index (κ2) is 15.6. The molecular weight excluding hydrogens is 635 g/mol. The van der Waals surface area contributed by atoms with Crippen LogP contribution < -0.4 is 10.2 Å². The maximum atomic E-state index is 12.3. The van der Waals surface area contributed by atoms with Crippen LogP contribution in [0.5, 0.6) is 5.75 Å². The van der Waals surface area contributed by atoms with Crippen LogP contribution in [0.1, 0.15) is 67.2 Å². The SMILES string of the molecule is CCNOS(=O)(=O)CCCCC1/C(=C/c2ccc3cc(OC)ccc3c2CCCCS(=O)(=O)O)Cc2ccc(-c3ccccc3)cc21. The molecule has 10 heteroatoms. The van der Waals surface area contributed by atoms with Crippen molar-refractivity contribution in [2.24, 2.45) is 0 Å². The van der Waals surface area contributed by atoms with Gasteiger partial charge in [0.25, 0.3) is 20.2 Å². The lowest BCUT2D eigenvalue weighted by Crippen LogP contribution is -2.22. The van der Waals surface area contributed by atoms with Crippen LogP contribution in [-0.4, -0.2) is 46.5 Å². The molecule has 5 rings (SSSR count). The van der Waals surface area contributed by atoms with E-state index in [9.17, 15) is 21.4 Å². The Kier molecular flexibility index (Phi) is 11.5. The van der Waals surface area contributed by atoms with E-state index >= 15 is 0 Å². The summed E-state index contributed by atoms with van der Waals surface area (Å²) in [6.45, 7) is 2.18. The molecule has 0 amide bonds. The lowest BCUT2D eigenvalue weighted by Gasteiger charge is -2.17. The predicted octanol–water partition coefficient (Wildman–Crippen LogP) is 7.49. The predicted molar refractivity (Wildman–Crippen MR) is 189 cm³/mol. The van der Waals surface area contributed by atoms with Gasteiger partial charge in [-0.1, -0.05) is 91.7 Å². The van der Waals surface area contributed by atoms with Crippen molar-refractivity contribution in [1.82, 2.24) is 5.48 Å². The van der Waals surface area contributed by atoms with E-state index in [1.807, 2.05) is 30.3 Å². The second-order valence-electron chi connectivity index (χ2n) is 12.0. The highest BCUT2D eigenvalue weighted by atomic mass is 32.2. The Balaban J connectivity index is 1.49. The van der Waals surface area contributed by atoms with Gasteiger partial charge in [0.15, 0.2) is 0 Å². The fourth-order valence-corrected chi connectivity index (χ4v) is 7.97. The van der Waals surface area contributed by atoms with E-state index < -0.39 is 20.2 Å². The third kappa shape index (κ3) is 9.30. The fourth-order valence-electron chi connectivity index (χ4n) is 6.46. The molecule has 4 aromatic rings. The molecule has 47 heavy (non-hydrogen) atoms. The van der Waals surface area contributed by atoms with Crippen LogP contribution in [0.3, 0.4) is 0 Å². The topological polar surface area (TPSA) is 119 Å². The summed E-state index contributed by atoms with van der Waals surface area (Å²) in [7, 11) is -6.03. The summed E-state index contributed by atoms with van der Waals surface area (Å²) < 4.78 is 66.9. The zero-order valence-electron chi connectivity index (χ0n) is 26.9. The van der Waals surface area contributed by atoms with Crippen molar-refractivity contribution in [2.45, 2.75) is 57.8 Å². The van der Waals surface area contributed by atoms with E-state index in [1.165, 1.54) is 16.7 Å². The van der Waals surface area contributed by atoms with Crippen LogP contribution in [0.2, 0.25) is 0 Å². The first-order chi connectivity index (χ1) is 22.6. The first kappa shape index (κ1) is 34.8. The summed E-state index contributed by atoms with van der Waals surface area (Å²) in [5, 5.41) is 2.12. The number of hydrogen-bond donors (Lipinski definition) is 2. The number of aryl methyl sites for hydroxylation is 1. The Hall–Kier alpha value is -3.54. The maximum Gasteiger partial charge on any atom is 0.283 e. The highest BCUT2D eigenvalue weighted by molar-refractivity contribution is 7.86. The van der Waals surface area contributed by atoms with Crippen molar-refractivity contribution in [3.05, 3.63) is 107 Å². The zero-order valence-corrected chi connectivity index (χ0v) is 28.6. The normalized spacial score (nSPS) is 15.7. The first-order valence-electron chi connectivity index (χ1n) is 16.1. The molecule has 4 aromatic carbocycles. The molecule has 0 aliphatic heterocycles. The van der Waals surface area contributed by atoms with Crippen LogP contribution in [0.25, 0.3) is 28.0 Å². The molecule has 0 saturated heterocycles. The minimum absolute atomic E-state index is 0.0511. The average Bonchev–Trinajstić information content (AvgIpc) is 3.40. The monoisotopic (exact) mass is 677 g/mol. The minimum atomic E-state index is -4.02. The van der Waals surface area contributed by atoms with Gasteiger partial charge >= 0.3 is 0 Å². The number of benzene rings is 4. The van der Waals surface area contributed by atoms with E-state index in [4.69, 9.17) is 9.02 Å². The van der Waals surface area contributed by atoms with Gasteiger partial charge in [0.1, 0.15) is 5.75 Å². The van der Waals surface area contributed by atoms with Gasteiger partial charge in [-0.05, 0) is 94.8 Å². The summed E-state index contributed by atoms with van der Waals surface area (Å²) in [6, 6.07) is 27.2. The first-order valence-corrected chi connectivity index (χ1v) is 19.3. The lowest BCUT2D eigenvalue weighted by molar-refractivity contribution is 0.210. The summed E-state index contributed by atoms with van der Waals surface area (Å²) in [6.07, 6.45) is 6.68. The van der Waals surface area contributed by atoms with Crippen LogP contribution >= 0.6 is 0 Å². The number of unbranched alkanes of at least 4 members (excludes halogenated alkanes) is 2. The number of fused-ring (bicyclic) bond motifs is 2. The molecule has 1 atom stereocenters. The number of methoxy groups -OCH3 is 1. The Morgan fingerprint density at radius 3 is 2.40 bits per heavy atom. The highest BCUT2D eigenvalue weighted by Crippen LogP contribution is 2.44. The van der Waals surface area contributed by atoms with Gasteiger partial charge in [-0.25, -0.2) is 0 Å². The van der Waals surface area contributed by atoms with Crippen molar-refractivity contribution >= 4 is 37.1 Å². The molecule has 2 N–H and O–H groups in total. The van der Waals surface area contributed by atoms with Crippen molar-refractivity contribution in [1.29, 1.82) is 0 Å². The Labute approximate surface area is 278 Å². The van der Waals surface area contributed by atoms with Crippen LogP contribution in [0, 0.1) is 0 Å². The van der Waals surface area contributed by atoms with Crippen LogP contribution in [0.4, 0.5) is 0 Å². The van der Waals surface area contributed by atoms with Crippen LogP contribution in [-0.2, 0) is 37.4 Å². The van der Waals surface area contributed by atoms with E-state index in [0.29, 0.717) is 38.6 Å². The van der Waals surface area contributed by atoms with E-state index in [2.05, 4.69) is 60.1 Å². The number of nitrogens with one attached hydrogen (secondary N) is 1. The Bertz CT molecular complexity index is 1940. The molecule has 0 fully saturated rings. The molecule has 0 heterocycles. The van der Waals surface area contributed by atoms with Gasteiger partial charge in [0.05, 0.1) is 18.6 Å². The number of hydroxylamine groups is 1. The van der Waals surface area contributed by atoms with Crippen molar-refractivity contribution in [3.8, 4) is 16.9 Å².